The molecule has 0 amide bonds. The van der Waals surface area contributed by atoms with E-state index in [2.05, 4.69) is 0 Å². The monoisotopic (exact) mass is 276 g/mol. The molecule has 0 unspecified atom stereocenters. The molecule has 1 nitrogen and oxygen atoms in total. The Morgan fingerprint density at radius 2 is 2.06 bits per heavy atom. The number of benzene rings is 1. The molecule has 0 saturated carbocycles. The predicted molar refractivity (Wildman–Crippen MR) is 74.3 cm³/mol. The highest BCUT2D eigenvalue weighted by Crippen LogP contribution is 2.30. The van der Waals surface area contributed by atoms with E-state index in [1.54, 1.807) is 12.1 Å². The number of rotatable bonds is 2. The zero-order chi connectivity index (χ0) is 12.7. The molecule has 1 aromatic carbocycles. The van der Waals surface area contributed by atoms with E-state index in [0.29, 0.717) is 4.88 Å². The summed E-state index contributed by atoms with van der Waals surface area (Å²) < 4.78 is 14.0. The molecule has 0 spiro atoms. The van der Waals surface area contributed by atoms with Gasteiger partial charge in [0.15, 0.2) is 0 Å². The van der Waals surface area contributed by atoms with Gasteiger partial charge in [0, 0.05) is 4.70 Å². The van der Waals surface area contributed by atoms with Crippen LogP contribution in [0.25, 0.3) is 10.1 Å². The van der Waals surface area contributed by atoms with Gasteiger partial charge >= 0.3 is 0 Å². The fraction of sp³-hybridized carbons (Fsp3) is 0.0714. The van der Waals surface area contributed by atoms with Crippen molar-refractivity contribution in [2.45, 2.75) is 6.92 Å². The van der Waals surface area contributed by atoms with Crippen molar-refractivity contribution >= 4 is 38.5 Å². The maximum Gasteiger partial charge on any atom is 0.213 e. The molecule has 0 aliphatic heterocycles. The Morgan fingerprint density at radius 3 is 2.78 bits per heavy atom. The molecule has 0 aliphatic rings. The molecule has 3 aromatic rings. The van der Waals surface area contributed by atoms with Crippen LogP contribution in [0.4, 0.5) is 4.39 Å². The maximum atomic E-state index is 13.1. The second-order valence-corrected chi connectivity index (χ2v) is 6.05. The van der Waals surface area contributed by atoms with Crippen LogP contribution >= 0.6 is 22.7 Å². The average molecular weight is 276 g/mol. The summed E-state index contributed by atoms with van der Waals surface area (Å²) in [6.45, 7) is 1.93. The van der Waals surface area contributed by atoms with Gasteiger partial charge in [0.25, 0.3) is 0 Å². The van der Waals surface area contributed by atoms with Gasteiger partial charge in [-0.25, -0.2) is 4.39 Å². The van der Waals surface area contributed by atoms with Gasteiger partial charge in [0.1, 0.15) is 5.82 Å². The molecule has 2 aromatic heterocycles. The van der Waals surface area contributed by atoms with Crippen LogP contribution in [0.15, 0.2) is 35.7 Å². The number of aryl methyl sites for hydroxylation is 1. The Labute approximate surface area is 112 Å². The SMILES string of the molecule is Cc1ccsc1C(=O)c1cc2cc(F)ccc2s1. The second-order valence-electron chi connectivity index (χ2n) is 4.05. The summed E-state index contributed by atoms with van der Waals surface area (Å²) in [5.74, 6) is -0.240. The summed E-state index contributed by atoms with van der Waals surface area (Å²) in [7, 11) is 0. The van der Waals surface area contributed by atoms with Crippen molar-refractivity contribution in [3.63, 3.8) is 0 Å². The third-order valence-corrected chi connectivity index (χ3v) is 4.90. The minimum atomic E-state index is -0.272. The van der Waals surface area contributed by atoms with Crippen molar-refractivity contribution in [1.82, 2.24) is 0 Å². The zero-order valence-electron chi connectivity index (χ0n) is 9.57. The molecule has 4 heteroatoms. The number of halogens is 1. The number of ketones is 1. The predicted octanol–water partition coefficient (Wildman–Crippen LogP) is 4.64. The lowest BCUT2D eigenvalue weighted by atomic mass is 10.2. The van der Waals surface area contributed by atoms with E-state index in [1.807, 2.05) is 18.4 Å². The molecule has 3 rings (SSSR count). The Hall–Kier alpha value is -1.52. The molecule has 0 aliphatic carbocycles. The van der Waals surface area contributed by atoms with Gasteiger partial charge in [-0.3, -0.25) is 4.79 Å². The maximum absolute atomic E-state index is 13.1. The van der Waals surface area contributed by atoms with E-state index >= 15 is 0 Å². The van der Waals surface area contributed by atoms with Gasteiger partial charge in [-0.05, 0) is 53.6 Å². The van der Waals surface area contributed by atoms with Crippen LogP contribution in [0.3, 0.4) is 0 Å². The molecule has 18 heavy (non-hydrogen) atoms. The Morgan fingerprint density at radius 1 is 1.22 bits per heavy atom. The first-order valence-electron chi connectivity index (χ1n) is 5.43. The third-order valence-electron chi connectivity index (χ3n) is 2.77. The van der Waals surface area contributed by atoms with E-state index in [9.17, 15) is 9.18 Å². The van der Waals surface area contributed by atoms with E-state index in [0.717, 1.165) is 20.5 Å². The van der Waals surface area contributed by atoms with Crippen molar-refractivity contribution in [2.75, 3.05) is 0 Å². The first-order chi connectivity index (χ1) is 8.65. The Balaban J connectivity index is 2.10. The van der Waals surface area contributed by atoms with Crippen LogP contribution < -0.4 is 0 Å². The van der Waals surface area contributed by atoms with Crippen LogP contribution in [-0.4, -0.2) is 5.78 Å². The van der Waals surface area contributed by atoms with Crippen LogP contribution in [0.2, 0.25) is 0 Å². The summed E-state index contributed by atoms with van der Waals surface area (Å²) in [6, 6.07) is 8.30. The molecule has 0 atom stereocenters. The minimum Gasteiger partial charge on any atom is -0.287 e. The number of thiophene rings is 2. The summed E-state index contributed by atoms with van der Waals surface area (Å²) in [5, 5.41) is 2.70. The van der Waals surface area contributed by atoms with E-state index in [1.165, 1.54) is 34.8 Å². The Bertz CT molecular complexity index is 739. The minimum absolute atomic E-state index is 0.0316. The van der Waals surface area contributed by atoms with Crippen molar-refractivity contribution in [3.8, 4) is 0 Å². The number of carbonyl (C=O) groups excluding carboxylic acids is 1. The molecule has 0 radical (unpaired) electrons. The van der Waals surface area contributed by atoms with Gasteiger partial charge in [-0.2, -0.15) is 0 Å². The zero-order valence-corrected chi connectivity index (χ0v) is 11.2. The lowest BCUT2D eigenvalue weighted by molar-refractivity contribution is 0.104. The molecular weight excluding hydrogens is 267 g/mol. The number of hydrogen-bond donors (Lipinski definition) is 0. The van der Waals surface area contributed by atoms with Gasteiger partial charge in [0.2, 0.25) is 5.78 Å². The molecular formula is C14H9FOS2. The van der Waals surface area contributed by atoms with Gasteiger partial charge in [0.05, 0.1) is 9.75 Å². The van der Waals surface area contributed by atoms with Crippen molar-refractivity contribution in [2.24, 2.45) is 0 Å². The van der Waals surface area contributed by atoms with Crippen LogP contribution in [0.5, 0.6) is 0 Å². The van der Waals surface area contributed by atoms with Crippen molar-refractivity contribution in [1.29, 1.82) is 0 Å². The van der Waals surface area contributed by atoms with Crippen molar-refractivity contribution < 1.29 is 9.18 Å². The summed E-state index contributed by atoms with van der Waals surface area (Å²) in [4.78, 5) is 13.7. The standard InChI is InChI=1S/C14H9FOS2/c1-8-4-5-17-14(8)13(16)12-7-9-6-10(15)2-3-11(9)18-12/h2-7H,1H3. The fourth-order valence-corrected chi connectivity index (χ4v) is 3.78. The van der Waals surface area contributed by atoms with E-state index in [-0.39, 0.29) is 11.6 Å². The van der Waals surface area contributed by atoms with E-state index in [4.69, 9.17) is 0 Å². The molecule has 0 bridgehead atoms. The first-order valence-corrected chi connectivity index (χ1v) is 7.12. The summed E-state index contributed by atoms with van der Waals surface area (Å²) in [5.41, 5.74) is 0.994. The highest BCUT2D eigenvalue weighted by molar-refractivity contribution is 7.22. The summed E-state index contributed by atoms with van der Waals surface area (Å²) in [6.07, 6.45) is 0. The molecule has 0 saturated heterocycles. The quantitative estimate of drug-likeness (QED) is 0.623. The molecule has 90 valence electrons. The third kappa shape index (κ3) is 1.87. The molecule has 2 heterocycles. The second kappa shape index (κ2) is 4.30. The van der Waals surface area contributed by atoms with Gasteiger partial charge < -0.3 is 0 Å². The van der Waals surface area contributed by atoms with Gasteiger partial charge in [-0.15, -0.1) is 22.7 Å². The van der Waals surface area contributed by atoms with E-state index < -0.39 is 0 Å². The largest absolute Gasteiger partial charge is 0.287 e. The highest BCUT2D eigenvalue weighted by atomic mass is 32.1. The number of carbonyl (C=O) groups is 1. The smallest absolute Gasteiger partial charge is 0.213 e. The number of fused-ring (bicyclic) bond motifs is 1. The number of hydrogen-bond acceptors (Lipinski definition) is 3. The summed E-state index contributed by atoms with van der Waals surface area (Å²) >= 11 is 2.86. The van der Waals surface area contributed by atoms with Crippen LogP contribution in [-0.2, 0) is 0 Å². The Kier molecular flexibility index (Phi) is 2.76. The molecule has 0 fully saturated rings. The topological polar surface area (TPSA) is 17.1 Å². The first kappa shape index (κ1) is 11.6. The average Bonchev–Trinajstić information content (AvgIpc) is 2.93. The molecule has 0 N–H and O–H groups in total. The normalized spacial score (nSPS) is 11.0. The van der Waals surface area contributed by atoms with Crippen LogP contribution in [0, 0.1) is 12.7 Å². The lowest BCUT2D eigenvalue weighted by Crippen LogP contribution is -1.96. The van der Waals surface area contributed by atoms with Crippen LogP contribution in [0.1, 0.15) is 20.1 Å². The lowest BCUT2D eigenvalue weighted by Gasteiger charge is -1.94. The fourth-order valence-electron chi connectivity index (χ4n) is 1.84. The highest BCUT2D eigenvalue weighted by Gasteiger charge is 2.16. The van der Waals surface area contributed by atoms with Gasteiger partial charge in [-0.1, -0.05) is 0 Å². The van der Waals surface area contributed by atoms with Crippen molar-refractivity contribution in [3.05, 3.63) is 56.8 Å².